The van der Waals surface area contributed by atoms with E-state index in [0.717, 1.165) is 30.4 Å². The number of piperidine rings is 1. The minimum absolute atomic E-state index is 0.0604. The Balaban J connectivity index is 1.63. The molecule has 0 aromatic heterocycles. The molecule has 0 aliphatic carbocycles. The molecule has 0 saturated carbocycles. The molecule has 1 heterocycles. The van der Waals surface area contributed by atoms with Crippen LogP contribution in [0.3, 0.4) is 0 Å². The maximum Gasteiger partial charge on any atom is 0.340 e. The summed E-state index contributed by atoms with van der Waals surface area (Å²) in [5.41, 5.74) is 1.96. The molecule has 1 fully saturated rings. The number of nitrogens with one attached hydrogen (secondary N) is 1. The second-order valence-electron chi connectivity index (χ2n) is 7.24. The van der Waals surface area contributed by atoms with Crippen molar-refractivity contribution >= 4 is 21.9 Å². The zero-order valence-corrected chi connectivity index (χ0v) is 17.8. The Bertz CT molecular complexity index is 1010. The fourth-order valence-corrected chi connectivity index (χ4v) is 5.06. The molecule has 30 heavy (non-hydrogen) atoms. The summed E-state index contributed by atoms with van der Waals surface area (Å²) in [5, 5.41) is 2.70. The zero-order chi connectivity index (χ0) is 21.6. The SMILES string of the molecule is Cc1ccccc1CNC(=O)COC(=O)c1ccccc1S(=O)(=O)N1CCCCC1. The second-order valence-corrected chi connectivity index (χ2v) is 9.15. The maximum atomic E-state index is 13.0. The van der Waals surface area contributed by atoms with Crippen molar-refractivity contribution in [3.8, 4) is 0 Å². The molecule has 2 aromatic carbocycles. The Morgan fingerprint density at radius 1 is 1.00 bits per heavy atom. The lowest BCUT2D eigenvalue weighted by Crippen LogP contribution is -2.36. The van der Waals surface area contributed by atoms with Crippen LogP contribution in [-0.2, 0) is 26.1 Å². The van der Waals surface area contributed by atoms with Gasteiger partial charge in [-0.15, -0.1) is 0 Å². The molecule has 0 atom stereocenters. The highest BCUT2D eigenvalue weighted by Gasteiger charge is 2.30. The Kier molecular flexibility index (Phi) is 7.23. The number of carbonyl (C=O) groups is 2. The number of esters is 1. The Labute approximate surface area is 177 Å². The lowest BCUT2D eigenvalue weighted by Gasteiger charge is -2.26. The van der Waals surface area contributed by atoms with Gasteiger partial charge in [0.2, 0.25) is 10.0 Å². The Morgan fingerprint density at radius 3 is 2.40 bits per heavy atom. The van der Waals surface area contributed by atoms with Gasteiger partial charge in [0.1, 0.15) is 0 Å². The first-order chi connectivity index (χ1) is 14.4. The number of carbonyl (C=O) groups excluding carboxylic acids is 2. The van der Waals surface area contributed by atoms with Crippen molar-refractivity contribution in [3.63, 3.8) is 0 Å². The van der Waals surface area contributed by atoms with Crippen molar-refractivity contribution < 1.29 is 22.7 Å². The fraction of sp³-hybridized carbons (Fsp3) is 0.364. The highest BCUT2D eigenvalue weighted by Crippen LogP contribution is 2.24. The third-order valence-electron chi connectivity index (χ3n) is 5.11. The number of amides is 1. The lowest BCUT2D eigenvalue weighted by molar-refractivity contribution is -0.124. The van der Waals surface area contributed by atoms with Gasteiger partial charge in [0, 0.05) is 19.6 Å². The first-order valence-electron chi connectivity index (χ1n) is 9.97. The van der Waals surface area contributed by atoms with E-state index in [9.17, 15) is 18.0 Å². The highest BCUT2D eigenvalue weighted by atomic mass is 32.2. The number of rotatable bonds is 7. The van der Waals surface area contributed by atoms with Crippen LogP contribution in [0.2, 0.25) is 0 Å². The van der Waals surface area contributed by atoms with Gasteiger partial charge in [0.05, 0.1) is 10.5 Å². The van der Waals surface area contributed by atoms with E-state index in [-0.39, 0.29) is 10.5 Å². The molecule has 160 valence electrons. The van der Waals surface area contributed by atoms with E-state index in [1.807, 2.05) is 31.2 Å². The molecule has 8 heteroatoms. The van der Waals surface area contributed by atoms with E-state index < -0.39 is 28.5 Å². The van der Waals surface area contributed by atoms with Crippen LogP contribution >= 0.6 is 0 Å². The van der Waals surface area contributed by atoms with Crippen molar-refractivity contribution in [1.29, 1.82) is 0 Å². The van der Waals surface area contributed by atoms with Crippen LogP contribution in [0.1, 0.15) is 40.7 Å². The third-order valence-corrected chi connectivity index (χ3v) is 7.07. The van der Waals surface area contributed by atoms with Gasteiger partial charge >= 0.3 is 5.97 Å². The van der Waals surface area contributed by atoms with Crippen LogP contribution in [0, 0.1) is 6.92 Å². The van der Waals surface area contributed by atoms with Gasteiger partial charge in [0.25, 0.3) is 5.91 Å². The first kappa shape index (κ1) is 22.0. The summed E-state index contributed by atoms with van der Waals surface area (Å²) in [7, 11) is -3.80. The molecular formula is C22H26N2O5S. The monoisotopic (exact) mass is 430 g/mol. The summed E-state index contributed by atoms with van der Waals surface area (Å²) in [6.07, 6.45) is 2.59. The number of hydrogen-bond donors (Lipinski definition) is 1. The molecule has 0 radical (unpaired) electrons. The zero-order valence-electron chi connectivity index (χ0n) is 17.0. The molecule has 1 aliphatic rings. The minimum Gasteiger partial charge on any atom is -0.452 e. The summed E-state index contributed by atoms with van der Waals surface area (Å²) in [6.45, 7) is 2.66. The first-order valence-corrected chi connectivity index (χ1v) is 11.4. The van der Waals surface area contributed by atoms with Crippen LogP contribution in [0.25, 0.3) is 0 Å². The molecule has 0 unspecified atom stereocenters. The van der Waals surface area contributed by atoms with Crippen LogP contribution in [-0.4, -0.2) is 44.3 Å². The van der Waals surface area contributed by atoms with Crippen molar-refractivity contribution in [2.45, 2.75) is 37.6 Å². The van der Waals surface area contributed by atoms with Crippen LogP contribution in [0.5, 0.6) is 0 Å². The van der Waals surface area contributed by atoms with Gasteiger partial charge in [-0.25, -0.2) is 13.2 Å². The van der Waals surface area contributed by atoms with Crippen molar-refractivity contribution in [2.75, 3.05) is 19.7 Å². The van der Waals surface area contributed by atoms with E-state index in [2.05, 4.69) is 5.32 Å². The van der Waals surface area contributed by atoms with Gasteiger partial charge in [-0.1, -0.05) is 42.8 Å². The number of nitrogens with zero attached hydrogens (tertiary/aromatic N) is 1. The van der Waals surface area contributed by atoms with Crippen molar-refractivity contribution in [1.82, 2.24) is 9.62 Å². The Hall–Kier alpha value is -2.71. The number of aryl methyl sites for hydroxylation is 1. The normalized spacial score (nSPS) is 14.8. The number of hydrogen-bond acceptors (Lipinski definition) is 5. The summed E-state index contributed by atoms with van der Waals surface area (Å²) in [5.74, 6) is -1.29. The highest BCUT2D eigenvalue weighted by molar-refractivity contribution is 7.89. The van der Waals surface area contributed by atoms with Crippen molar-refractivity contribution in [2.24, 2.45) is 0 Å². The van der Waals surface area contributed by atoms with E-state index in [4.69, 9.17) is 4.74 Å². The second kappa shape index (κ2) is 9.86. The smallest absolute Gasteiger partial charge is 0.340 e. The average Bonchev–Trinajstić information content (AvgIpc) is 2.77. The quantitative estimate of drug-likeness (QED) is 0.682. The van der Waals surface area contributed by atoms with Crippen molar-refractivity contribution in [3.05, 3.63) is 65.2 Å². The van der Waals surface area contributed by atoms with Gasteiger partial charge in [-0.2, -0.15) is 4.31 Å². The number of ether oxygens (including phenoxy) is 1. The largest absolute Gasteiger partial charge is 0.452 e. The van der Waals surface area contributed by atoms with E-state index in [1.165, 1.54) is 16.4 Å². The molecule has 3 rings (SSSR count). The molecule has 0 spiro atoms. The topological polar surface area (TPSA) is 92.8 Å². The van der Waals surface area contributed by atoms with E-state index >= 15 is 0 Å². The molecule has 0 bridgehead atoms. The Morgan fingerprint density at radius 2 is 1.67 bits per heavy atom. The van der Waals surface area contributed by atoms with Crippen LogP contribution in [0.4, 0.5) is 0 Å². The minimum atomic E-state index is -3.80. The summed E-state index contributed by atoms with van der Waals surface area (Å²) in [4.78, 5) is 24.5. The van der Waals surface area contributed by atoms with Crippen LogP contribution in [0.15, 0.2) is 53.4 Å². The third kappa shape index (κ3) is 5.25. The summed E-state index contributed by atoms with van der Waals surface area (Å²) < 4.78 is 32.5. The molecule has 1 saturated heterocycles. The molecule has 1 aliphatic heterocycles. The van der Waals surface area contributed by atoms with Gasteiger partial charge in [-0.3, -0.25) is 4.79 Å². The van der Waals surface area contributed by atoms with E-state index in [0.29, 0.717) is 19.6 Å². The molecule has 1 N–H and O–H groups in total. The standard InChI is InChI=1S/C22H26N2O5S/c1-17-9-3-4-10-18(17)15-23-21(25)16-29-22(26)19-11-5-6-12-20(19)30(27,28)24-13-7-2-8-14-24/h3-6,9-12H,2,7-8,13-16H2,1H3,(H,23,25). The summed E-state index contributed by atoms with van der Waals surface area (Å²) >= 11 is 0. The predicted octanol–water partition coefficient (Wildman–Crippen LogP) is 2.64. The predicted molar refractivity (Wildman–Crippen MR) is 112 cm³/mol. The fourth-order valence-electron chi connectivity index (χ4n) is 3.37. The maximum absolute atomic E-state index is 13.0. The number of benzene rings is 2. The molecule has 1 amide bonds. The number of sulfonamides is 1. The lowest BCUT2D eigenvalue weighted by atomic mass is 10.1. The van der Waals surface area contributed by atoms with Crippen LogP contribution < -0.4 is 5.32 Å². The molecule has 2 aromatic rings. The van der Waals surface area contributed by atoms with E-state index in [1.54, 1.807) is 12.1 Å². The van der Waals surface area contributed by atoms with Gasteiger partial charge < -0.3 is 10.1 Å². The van der Waals surface area contributed by atoms with Gasteiger partial charge in [-0.05, 0) is 43.0 Å². The average molecular weight is 431 g/mol. The molecule has 7 nitrogen and oxygen atoms in total. The van der Waals surface area contributed by atoms with Gasteiger partial charge in [0.15, 0.2) is 6.61 Å². The molecular weight excluding hydrogens is 404 g/mol. The summed E-state index contributed by atoms with van der Waals surface area (Å²) in [6, 6.07) is 13.6.